The first-order chi connectivity index (χ1) is 20.0. The smallest absolute Gasteiger partial charge is 0.256 e. The van der Waals surface area contributed by atoms with E-state index in [0.717, 1.165) is 36.0 Å². The van der Waals surface area contributed by atoms with Gasteiger partial charge in [0.05, 0.1) is 24.8 Å². The summed E-state index contributed by atoms with van der Waals surface area (Å²) in [5.74, 6) is -0.563. The summed E-state index contributed by atoms with van der Waals surface area (Å²) in [6, 6.07) is 17.9. The van der Waals surface area contributed by atoms with Crippen LogP contribution < -0.4 is 10.9 Å². The average molecular weight is 552 g/mol. The van der Waals surface area contributed by atoms with Gasteiger partial charge >= 0.3 is 0 Å². The number of carbonyl (C=O) groups is 2. The normalized spacial score (nSPS) is 29.1. The molecular weight excluding hydrogens is 514 g/mol. The Balaban J connectivity index is 1.61. The van der Waals surface area contributed by atoms with Crippen LogP contribution in [0, 0.1) is 5.92 Å². The van der Waals surface area contributed by atoms with Crippen molar-refractivity contribution < 1.29 is 19.1 Å². The van der Waals surface area contributed by atoms with Crippen molar-refractivity contribution in [1.29, 1.82) is 0 Å². The number of ketones is 1. The van der Waals surface area contributed by atoms with Gasteiger partial charge in [-0.3, -0.25) is 9.59 Å². The first-order valence-electron chi connectivity index (χ1n) is 14.5. The van der Waals surface area contributed by atoms with Crippen LogP contribution in [0.4, 0.5) is 0 Å². The second kappa shape index (κ2) is 11.9. The van der Waals surface area contributed by atoms with Crippen molar-refractivity contribution in [2.24, 2.45) is 5.92 Å². The summed E-state index contributed by atoms with van der Waals surface area (Å²) in [7, 11) is 0. The lowest BCUT2D eigenvalue weighted by atomic mass is 9.76. The monoisotopic (exact) mass is 551 g/mol. The molecular formula is C34H37N3O4. The molecule has 41 heavy (non-hydrogen) atoms. The Kier molecular flexibility index (Phi) is 7.90. The number of aryl methyl sites for hydroxylation is 1. The van der Waals surface area contributed by atoms with Gasteiger partial charge in [-0.15, -0.1) is 0 Å². The summed E-state index contributed by atoms with van der Waals surface area (Å²) < 4.78 is 12.3. The molecule has 7 nitrogen and oxygen atoms in total. The predicted octanol–water partition coefficient (Wildman–Crippen LogP) is 4.84. The van der Waals surface area contributed by atoms with Crippen LogP contribution in [0.1, 0.15) is 49.3 Å². The Bertz CT molecular complexity index is 1440. The minimum atomic E-state index is -0.443. The zero-order valence-electron chi connectivity index (χ0n) is 23.6. The Morgan fingerprint density at radius 3 is 2.63 bits per heavy atom. The number of ether oxygens (including phenoxy) is 2. The molecule has 0 radical (unpaired) electrons. The number of allylic oxidation sites excluding steroid dienone is 5. The molecule has 0 spiro atoms. The van der Waals surface area contributed by atoms with Crippen molar-refractivity contribution in [3.05, 3.63) is 118 Å². The molecule has 4 aliphatic rings. The lowest BCUT2D eigenvalue weighted by Crippen LogP contribution is -2.62. The van der Waals surface area contributed by atoms with E-state index in [0.29, 0.717) is 24.7 Å². The van der Waals surface area contributed by atoms with E-state index in [1.54, 1.807) is 6.20 Å². The van der Waals surface area contributed by atoms with Crippen molar-refractivity contribution >= 4 is 11.7 Å². The van der Waals surface area contributed by atoms with Crippen molar-refractivity contribution in [2.75, 3.05) is 13.2 Å². The van der Waals surface area contributed by atoms with Crippen LogP contribution in [0.15, 0.2) is 102 Å². The number of nitrogens with one attached hydrogen (secondary N) is 2. The number of nitrogens with zero attached hydrogens (tertiary/aromatic N) is 1. The van der Waals surface area contributed by atoms with Gasteiger partial charge in [0, 0.05) is 18.2 Å². The molecule has 6 rings (SSSR count). The van der Waals surface area contributed by atoms with E-state index in [4.69, 9.17) is 9.47 Å². The lowest BCUT2D eigenvalue weighted by Gasteiger charge is -2.42. The minimum Gasteiger partial charge on any atom is -0.484 e. The zero-order valence-corrected chi connectivity index (χ0v) is 23.6. The predicted molar refractivity (Wildman–Crippen MR) is 157 cm³/mol. The number of benzene rings is 2. The molecule has 2 heterocycles. The number of hydrazine groups is 1. The van der Waals surface area contributed by atoms with Crippen LogP contribution in [0.3, 0.4) is 0 Å². The summed E-state index contributed by atoms with van der Waals surface area (Å²) in [5.41, 5.74) is 12.1. The van der Waals surface area contributed by atoms with Crippen LogP contribution in [0.5, 0.6) is 0 Å². The first kappa shape index (κ1) is 27.2. The highest BCUT2D eigenvalue weighted by Crippen LogP contribution is 2.46. The molecule has 0 bridgehead atoms. The maximum absolute atomic E-state index is 15.0. The minimum absolute atomic E-state index is 0.0939. The lowest BCUT2D eigenvalue weighted by molar-refractivity contribution is -0.144. The molecule has 2 unspecified atom stereocenters. The number of hydrogen-bond donors (Lipinski definition) is 2. The number of fused-ring (bicyclic) bond motifs is 2. The van der Waals surface area contributed by atoms with Gasteiger partial charge in [-0.1, -0.05) is 79.2 Å². The third kappa shape index (κ3) is 5.39. The number of hydrogen-bond acceptors (Lipinski definition) is 6. The van der Waals surface area contributed by atoms with Gasteiger partial charge in [0.15, 0.2) is 5.76 Å². The third-order valence-electron chi connectivity index (χ3n) is 8.55. The van der Waals surface area contributed by atoms with E-state index in [2.05, 4.69) is 48.1 Å². The Morgan fingerprint density at radius 2 is 1.78 bits per heavy atom. The largest absolute Gasteiger partial charge is 0.484 e. The van der Waals surface area contributed by atoms with Crippen LogP contribution >= 0.6 is 0 Å². The number of rotatable bonds is 4. The van der Waals surface area contributed by atoms with Gasteiger partial charge < -0.3 is 19.8 Å². The average Bonchev–Trinajstić information content (AvgIpc) is 3.15. The number of amides is 1. The summed E-state index contributed by atoms with van der Waals surface area (Å²) in [6.45, 7) is 5.14. The molecule has 212 valence electrons. The fraction of sp³-hybridized carbons (Fsp3) is 0.353. The first-order valence-corrected chi connectivity index (χ1v) is 14.5. The Hall–Kier alpha value is -3.94. The highest BCUT2D eigenvalue weighted by atomic mass is 16.5. The summed E-state index contributed by atoms with van der Waals surface area (Å²) in [4.78, 5) is 30.8. The highest BCUT2D eigenvalue weighted by molar-refractivity contribution is 6.10. The fourth-order valence-corrected chi connectivity index (χ4v) is 6.51. The second-order valence-corrected chi connectivity index (χ2v) is 11.3. The standard InChI is InChI=1S/C34H37N3O4/c1-22-9-8-14-28-26(22)16-15-25-12-6-7-13-27(25)31(28)32-33(41-20-24-10-4-3-5-11-24)29(38)17-18-35-36-30-21-40-19-23(2)37(30)34(32)39/h3-8,10-14,17-18,22-23,30-31,35-36H,9,15-16,19-21H2,1-2H3/b18-17-,33-32-/t22?,23-,30-,31?/m0/s1. The molecule has 1 fully saturated rings. The molecule has 4 atom stereocenters. The maximum Gasteiger partial charge on any atom is 0.256 e. The third-order valence-corrected chi connectivity index (χ3v) is 8.55. The van der Waals surface area contributed by atoms with Crippen LogP contribution in [0.25, 0.3) is 0 Å². The molecule has 1 amide bonds. The van der Waals surface area contributed by atoms with E-state index in [-0.39, 0.29) is 30.1 Å². The molecule has 2 aliphatic carbocycles. The number of carbonyl (C=O) groups excluding carboxylic acids is 2. The van der Waals surface area contributed by atoms with Crippen LogP contribution in [0.2, 0.25) is 0 Å². The van der Waals surface area contributed by atoms with E-state index >= 15 is 0 Å². The number of morpholine rings is 1. The van der Waals surface area contributed by atoms with Crippen LogP contribution in [-0.2, 0) is 32.1 Å². The second-order valence-electron chi connectivity index (χ2n) is 11.3. The van der Waals surface area contributed by atoms with E-state index in [9.17, 15) is 9.59 Å². The molecule has 1 saturated heterocycles. The molecule has 2 aromatic carbocycles. The maximum atomic E-state index is 15.0. The van der Waals surface area contributed by atoms with Gasteiger partial charge in [-0.05, 0) is 54.4 Å². The van der Waals surface area contributed by atoms with Crippen molar-refractivity contribution in [1.82, 2.24) is 15.8 Å². The molecule has 0 saturated carbocycles. The van der Waals surface area contributed by atoms with E-state index < -0.39 is 12.1 Å². The molecule has 7 heteroatoms. The van der Waals surface area contributed by atoms with Crippen LogP contribution in [-0.4, -0.2) is 42.0 Å². The summed E-state index contributed by atoms with van der Waals surface area (Å²) in [5, 5.41) is 0. The topological polar surface area (TPSA) is 79.9 Å². The summed E-state index contributed by atoms with van der Waals surface area (Å²) in [6.07, 6.45) is 9.72. The quantitative estimate of drug-likeness (QED) is 0.566. The van der Waals surface area contributed by atoms with Gasteiger partial charge in [0.25, 0.3) is 5.91 Å². The zero-order chi connectivity index (χ0) is 28.3. The molecule has 2 aliphatic heterocycles. The molecule has 0 aromatic heterocycles. The van der Waals surface area contributed by atoms with Crippen molar-refractivity contribution in [3.8, 4) is 0 Å². The summed E-state index contributed by atoms with van der Waals surface area (Å²) >= 11 is 0. The highest BCUT2D eigenvalue weighted by Gasteiger charge is 2.42. The van der Waals surface area contributed by atoms with E-state index in [1.165, 1.54) is 17.2 Å². The van der Waals surface area contributed by atoms with Gasteiger partial charge in [0.1, 0.15) is 12.8 Å². The molecule has 2 aromatic rings. The van der Waals surface area contributed by atoms with Crippen molar-refractivity contribution in [2.45, 2.75) is 57.8 Å². The van der Waals surface area contributed by atoms with Gasteiger partial charge in [-0.25, -0.2) is 5.43 Å². The fourth-order valence-electron chi connectivity index (χ4n) is 6.51. The van der Waals surface area contributed by atoms with Gasteiger partial charge in [-0.2, -0.15) is 0 Å². The van der Waals surface area contributed by atoms with E-state index in [1.807, 2.05) is 48.2 Å². The van der Waals surface area contributed by atoms with Crippen molar-refractivity contribution in [3.63, 3.8) is 0 Å². The Labute approximate surface area is 241 Å². The van der Waals surface area contributed by atoms with Gasteiger partial charge in [0.2, 0.25) is 5.78 Å². The SMILES string of the molecule is CC1CC=CC2=C1CCc1ccccc1C2/C1=C(/OCc2ccccc2)C(=O)/C=C\NN[C@@H]2COC[C@H](C)N2C1=O. The molecule has 2 N–H and O–H groups in total. The Morgan fingerprint density at radius 1 is 0.976 bits per heavy atom.